The zero-order valence-electron chi connectivity index (χ0n) is 10.0. The number of hydrogen-bond donors (Lipinski definition) is 2. The van der Waals surface area contributed by atoms with Gasteiger partial charge in [0.1, 0.15) is 15.2 Å². The molecule has 6 nitrogen and oxygen atoms in total. The second-order valence-electron chi connectivity index (χ2n) is 4.19. The lowest BCUT2D eigenvalue weighted by Gasteiger charge is -2.06. The Bertz CT molecular complexity index is 611. The molecular formula is C11H13N3O3S2. The van der Waals surface area contributed by atoms with E-state index in [1.165, 1.54) is 12.1 Å². The maximum atomic E-state index is 11.8. The van der Waals surface area contributed by atoms with E-state index in [1.807, 2.05) is 6.07 Å². The molecular weight excluding hydrogens is 286 g/mol. The Labute approximate surface area is 115 Å². The van der Waals surface area contributed by atoms with Crippen LogP contribution in [0.1, 0.15) is 17.7 Å². The van der Waals surface area contributed by atoms with Crippen LogP contribution in [-0.4, -0.2) is 27.4 Å². The third-order valence-corrected chi connectivity index (χ3v) is 5.56. The van der Waals surface area contributed by atoms with E-state index in [9.17, 15) is 13.2 Å². The lowest BCUT2D eigenvalue weighted by atomic mass is 10.4. The van der Waals surface area contributed by atoms with E-state index in [4.69, 9.17) is 5.26 Å². The largest absolute Gasteiger partial charge is 0.355 e. The summed E-state index contributed by atoms with van der Waals surface area (Å²) in [7, 11) is -3.59. The first-order chi connectivity index (χ1) is 9.03. The van der Waals surface area contributed by atoms with Gasteiger partial charge >= 0.3 is 0 Å². The predicted molar refractivity (Wildman–Crippen MR) is 70.0 cm³/mol. The van der Waals surface area contributed by atoms with Crippen LogP contribution >= 0.6 is 11.3 Å². The lowest BCUT2D eigenvalue weighted by Crippen LogP contribution is -2.35. The van der Waals surface area contributed by atoms with E-state index in [0.29, 0.717) is 4.88 Å². The van der Waals surface area contributed by atoms with E-state index in [2.05, 4.69) is 10.0 Å². The Morgan fingerprint density at radius 1 is 1.42 bits per heavy atom. The van der Waals surface area contributed by atoms with Gasteiger partial charge in [0.2, 0.25) is 15.9 Å². The van der Waals surface area contributed by atoms with Gasteiger partial charge in [0, 0.05) is 19.0 Å². The molecule has 1 aromatic heterocycles. The SMILES string of the molecule is N#Cc1ccc(S(=O)(=O)NCCNC(=O)C2CC2)s1. The van der Waals surface area contributed by atoms with Gasteiger partial charge in [-0.1, -0.05) is 0 Å². The van der Waals surface area contributed by atoms with Crippen molar-refractivity contribution in [2.24, 2.45) is 5.92 Å². The minimum absolute atomic E-state index is 0.0120. The molecule has 2 N–H and O–H groups in total. The topological polar surface area (TPSA) is 99.1 Å². The number of carbonyl (C=O) groups excluding carboxylic acids is 1. The molecule has 1 fully saturated rings. The van der Waals surface area contributed by atoms with Crippen LogP contribution in [0.4, 0.5) is 0 Å². The molecule has 0 bridgehead atoms. The third-order valence-electron chi connectivity index (χ3n) is 2.62. The lowest BCUT2D eigenvalue weighted by molar-refractivity contribution is -0.122. The molecule has 0 aromatic carbocycles. The van der Waals surface area contributed by atoms with Crippen molar-refractivity contribution in [3.05, 3.63) is 17.0 Å². The minimum atomic E-state index is -3.59. The molecule has 0 atom stereocenters. The standard InChI is InChI=1S/C11H13N3O3S2/c12-7-9-3-4-10(18-9)19(16,17)14-6-5-13-11(15)8-1-2-8/h3-4,8,14H,1-2,5-6H2,(H,13,15). The molecule has 0 spiro atoms. The molecule has 19 heavy (non-hydrogen) atoms. The molecule has 1 amide bonds. The highest BCUT2D eigenvalue weighted by atomic mass is 32.2. The summed E-state index contributed by atoms with van der Waals surface area (Å²) in [5.41, 5.74) is 0. The Morgan fingerprint density at radius 3 is 2.74 bits per heavy atom. The Hall–Kier alpha value is -1.43. The number of nitriles is 1. The molecule has 2 rings (SSSR count). The second-order valence-corrected chi connectivity index (χ2v) is 7.27. The third kappa shape index (κ3) is 3.76. The first-order valence-corrected chi connectivity index (χ1v) is 8.10. The fourth-order valence-electron chi connectivity index (χ4n) is 1.46. The van der Waals surface area contributed by atoms with Crippen LogP contribution in [0.5, 0.6) is 0 Å². The van der Waals surface area contributed by atoms with Gasteiger partial charge in [-0.15, -0.1) is 11.3 Å². The molecule has 0 radical (unpaired) electrons. The van der Waals surface area contributed by atoms with Gasteiger partial charge in [-0.2, -0.15) is 5.26 Å². The van der Waals surface area contributed by atoms with E-state index in [0.717, 1.165) is 24.2 Å². The van der Waals surface area contributed by atoms with Crippen LogP contribution < -0.4 is 10.0 Å². The maximum absolute atomic E-state index is 11.8. The quantitative estimate of drug-likeness (QED) is 0.744. The summed E-state index contributed by atoms with van der Waals surface area (Å²) in [6, 6.07) is 4.75. The average Bonchev–Trinajstić information content (AvgIpc) is 3.11. The monoisotopic (exact) mass is 299 g/mol. The fraction of sp³-hybridized carbons (Fsp3) is 0.455. The molecule has 8 heteroatoms. The van der Waals surface area contributed by atoms with E-state index < -0.39 is 10.0 Å². The second kappa shape index (κ2) is 5.69. The van der Waals surface area contributed by atoms with Gasteiger partial charge in [-0.25, -0.2) is 13.1 Å². The van der Waals surface area contributed by atoms with E-state index in [-0.39, 0.29) is 29.1 Å². The smallest absolute Gasteiger partial charge is 0.250 e. The number of thiophene rings is 1. The predicted octanol–water partition coefficient (Wildman–Crippen LogP) is 0.424. The zero-order chi connectivity index (χ0) is 13.9. The zero-order valence-corrected chi connectivity index (χ0v) is 11.7. The molecule has 0 aliphatic heterocycles. The Kier molecular flexibility index (Phi) is 4.19. The summed E-state index contributed by atoms with van der Waals surface area (Å²) >= 11 is 0.920. The summed E-state index contributed by atoms with van der Waals surface area (Å²) in [4.78, 5) is 11.7. The maximum Gasteiger partial charge on any atom is 0.250 e. The Balaban J connectivity index is 1.80. The number of amides is 1. The highest BCUT2D eigenvalue weighted by molar-refractivity contribution is 7.91. The van der Waals surface area contributed by atoms with Crippen LogP contribution in [0, 0.1) is 17.2 Å². The van der Waals surface area contributed by atoms with Crippen LogP contribution in [0.2, 0.25) is 0 Å². The highest BCUT2D eigenvalue weighted by Gasteiger charge is 2.29. The van der Waals surface area contributed by atoms with E-state index in [1.54, 1.807) is 0 Å². The van der Waals surface area contributed by atoms with Crippen molar-refractivity contribution in [1.82, 2.24) is 10.0 Å². The van der Waals surface area contributed by atoms with Gasteiger partial charge in [-0.05, 0) is 25.0 Å². The van der Waals surface area contributed by atoms with Crippen molar-refractivity contribution >= 4 is 27.3 Å². The van der Waals surface area contributed by atoms with Crippen molar-refractivity contribution < 1.29 is 13.2 Å². The van der Waals surface area contributed by atoms with Crippen molar-refractivity contribution in [2.45, 2.75) is 17.1 Å². The van der Waals surface area contributed by atoms with Gasteiger partial charge in [0.05, 0.1) is 0 Å². The minimum Gasteiger partial charge on any atom is -0.355 e. The molecule has 1 heterocycles. The highest BCUT2D eigenvalue weighted by Crippen LogP contribution is 2.28. The Morgan fingerprint density at radius 2 is 2.16 bits per heavy atom. The molecule has 1 aromatic rings. The van der Waals surface area contributed by atoms with Crippen molar-refractivity contribution in [3.8, 4) is 6.07 Å². The van der Waals surface area contributed by atoms with Crippen LogP contribution in [0.3, 0.4) is 0 Å². The summed E-state index contributed by atoms with van der Waals surface area (Å²) in [5.74, 6) is 0.106. The van der Waals surface area contributed by atoms with Gasteiger partial charge in [0.25, 0.3) is 0 Å². The number of hydrogen-bond acceptors (Lipinski definition) is 5. The van der Waals surface area contributed by atoms with Crippen LogP contribution in [0.25, 0.3) is 0 Å². The van der Waals surface area contributed by atoms with Crippen molar-refractivity contribution in [3.63, 3.8) is 0 Å². The number of carbonyl (C=O) groups is 1. The van der Waals surface area contributed by atoms with Crippen LogP contribution in [-0.2, 0) is 14.8 Å². The molecule has 1 aliphatic rings. The molecule has 0 saturated heterocycles. The average molecular weight is 299 g/mol. The summed E-state index contributed by atoms with van der Waals surface area (Å²) < 4.78 is 26.2. The number of sulfonamides is 1. The molecule has 1 saturated carbocycles. The molecule has 1 aliphatic carbocycles. The van der Waals surface area contributed by atoms with E-state index >= 15 is 0 Å². The van der Waals surface area contributed by atoms with Crippen LogP contribution in [0.15, 0.2) is 16.3 Å². The van der Waals surface area contributed by atoms with Gasteiger partial charge in [-0.3, -0.25) is 4.79 Å². The number of nitrogens with one attached hydrogen (secondary N) is 2. The van der Waals surface area contributed by atoms with Gasteiger partial charge in [0.15, 0.2) is 0 Å². The van der Waals surface area contributed by atoms with Gasteiger partial charge < -0.3 is 5.32 Å². The summed E-state index contributed by atoms with van der Waals surface area (Å²) in [5, 5.41) is 11.3. The van der Waals surface area contributed by atoms with Crippen molar-refractivity contribution in [2.75, 3.05) is 13.1 Å². The molecule has 102 valence electrons. The molecule has 0 unspecified atom stereocenters. The summed E-state index contributed by atoms with van der Waals surface area (Å²) in [6.45, 7) is 0.408. The number of nitrogens with zero attached hydrogens (tertiary/aromatic N) is 1. The summed E-state index contributed by atoms with van der Waals surface area (Å²) in [6.07, 6.45) is 1.84. The normalized spacial score (nSPS) is 14.9. The first-order valence-electron chi connectivity index (χ1n) is 5.80. The van der Waals surface area contributed by atoms with Crippen molar-refractivity contribution in [1.29, 1.82) is 5.26 Å². The first kappa shape index (κ1) is 14.0. The fourth-order valence-corrected chi connectivity index (χ4v) is 3.64. The number of rotatable bonds is 6.